The predicted octanol–water partition coefficient (Wildman–Crippen LogP) is 17.2. The Bertz CT molecular complexity index is 3580. The Balaban J connectivity index is 1.02. The zero-order chi connectivity index (χ0) is 40.3. The van der Waals surface area contributed by atoms with Crippen LogP contribution >= 0.6 is 11.3 Å². The van der Waals surface area contributed by atoms with Gasteiger partial charge in [0.05, 0.1) is 5.69 Å². The van der Waals surface area contributed by atoms with Gasteiger partial charge in [0, 0.05) is 53.3 Å². The lowest BCUT2D eigenvalue weighted by atomic mass is 9.95. The van der Waals surface area contributed by atoms with Crippen LogP contribution in [0.5, 0.6) is 0 Å². The third-order valence-electron chi connectivity index (χ3n) is 12.1. The molecule has 0 radical (unpaired) electrons. The molecule has 0 bridgehead atoms. The minimum atomic E-state index is 0.881. The number of fused-ring (bicyclic) bond motifs is 8. The molecule has 2 aromatic heterocycles. The zero-order valence-electron chi connectivity index (χ0n) is 33.1. The van der Waals surface area contributed by atoms with E-state index in [9.17, 15) is 0 Å². The molecule has 0 aliphatic rings. The lowest BCUT2D eigenvalue weighted by Gasteiger charge is -2.28. The predicted molar refractivity (Wildman–Crippen MR) is 261 cm³/mol. The molecule has 0 fully saturated rings. The molecule has 2 heterocycles. The molecular formula is C58H37NOS. The number of rotatable bonds is 7. The van der Waals surface area contributed by atoms with Gasteiger partial charge in [-0.05, 0) is 105 Å². The van der Waals surface area contributed by atoms with Crippen molar-refractivity contribution in [3.63, 3.8) is 0 Å². The summed E-state index contributed by atoms with van der Waals surface area (Å²) in [5.74, 6) is 0. The number of para-hydroxylation sites is 1. The Labute approximate surface area is 357 Å². The van der Waals surface area contributed by atoms with Crippen LogP contribution in [0.25, 0.3) is 97.4 Å². The molecule has 0 aliphatic heterocycles. The summed E-state index contributed by atoms with van der Waals surface area (Å²) >= 11 is 1.86. The molecule has 12 rings (SSSR count). The maximum Gasteiger partial charge on any atom is 0.143 e. The van der Waals surface area contributed by atoms with Gasteiger partial charge in [0.1, 0.15) is 11.2 Å². The fourth-order valence-electron chi connectivity index (χ4n) is 9.22. The second-order valence-electron chi connectivity index (χ2n) is 15.6. The van der Waals surface area contributed by atoms with Gasteiger partial charge in [-0.25, -0.2) is 0 Å². The van der Waals surface area contributed by atoms with Gasteiger partial charge in [-0.1, -0.05) is 164 Å². The summed E-state index contributed by atoms with van der Waals surface area (Å²) in [5, 5.41) is 7.16. The molecule has 0 unspecified atom stereocenters. The van der Waals surface area contributed by atoms with Crippen molar-refractivity contribution in [3.05, 3.63) is 224 Å². The first-order chi connectivity index (χ1) is 30.2. The number of hydrogen-bond acceptors (Lipinski definition) is 3. The summed E-state index contributed by atoms with van der Waals surface area (Å²) in [5.41, 5.74) is 14.5. The largest absolute Gasteiger partial charge is 0.455 e. The lowest BCUT2D eigenvalue weighted by Crippen LogP contribution is -2.11. The first-order valence-electron chi connectivity index (χ1n) is 20.7. The molecule has 2 nitrogen and oxygen atoms in total. The van der Waals surface area contributed by atoms with Crippen LogP contribution in [0.15, 0.2) is 229 Å². The Hall–Kier alpha value is -7.72. The number of nitrogens with zero attached hydrogens (tertiary/aromatic N) is 1. The minimum Gasteiger partial charge on any atom is -0.455 e. The van der Waals surface area contributed by atoms with E-state index in [-0.39, 0.29) is 0 Å². The summed E-state index contributed by atoms with van der Waals surface area (Å²) < 4.78 is 9.30. The van der Waals surface area contributed by atoms with Crippen LogP contribution in [0, 0.1) is 0 Å². The Morgan fingerprint density at radius 1 is 0.344 bits per heavy atom. The Kier molecular flexibility index (Phi) is 8.39. The van der Waals surface area contributed by atoms with Gasteiger partial charge >= 0.3 is 0 Å². The van der Waals surface area contributed by atoms with E-state index in [1.54, 1.807) is 0 Å². The molecule has 0 saturated heterocycles. The molecule has 3 heteroatoms. The van der Waals surface area contributed by atoms with Gasteiger partial charge in [-0.15, -0.1) is 11.3 Å². The standard InChI is InChI=1S/C58H37NOS/c1-2-13-38(14-3-1)42-16-10-17-43(37-42)39-27-32-44(33-28-39)59(45-34-29-41(30-35-45)46-21-12-26-55-57(46)50-20-7-9-25-54(50)61-55)52-23-8-6-19-48(52)49-22-11-24-53-56(49)51-36-31-40-15-4-5-18-47(40)58(51)60-53/h1-37H. The molecular weight excluding hydrogens is 759 g/mol. The molecule has 286 valence electrons. The van der Waals surface area contributed by atoms with E-state index >= 15 is 0 Å². The summed E-state index contributed by atoms with van der Waals surface area (Å²) in [4.78, 5) is 2.40. The average molecular weight is 796 g/mol. The normalized spacial score (nSPS) is 11.6. The van der Waals surface area contributed by atoms with Crippen LogP contribution in [0.1, 0.15) is 0 Å². The van der Waals surface area contributed by atoms with Crippen LogP contribution in [0.3, 0.4) is 0 Å². The molecule has 0 spiro atoms. The van der Waals surface area contributed by atoms with Crippen molar-refractivity contribution in [2.75, 3.05) is 4.90 Å². The highest BCUT2D eigenvalue weighted by Gasteiger charge is 2.21. The molecule has 0 aliphatic carbocycles. The molecule has 12 aromatic rings. The maximum atomic E-state index is 6.68. The Morgan fingerprint density at radius 3 is 1.75 bits per heavy atom. The van der Waals surface area contributed by atoms with Crippen molar-refractivity contribution in [2.24, 2.45) is 0 Å². The summed E-state index contributed by atoms with van der Waals surface area (Å²) in [7, 11) is 0. The van der Waals surface area contributed by atoms with E-state index in [2.05, 4.69) is 229 Å². The van der Waals surface area contributed by atoms with Crippen LogP contribution < -0.4 is 4.90 Å². The lowest BCUT2D eigenvalue weighted by molar-refractivity contribution is 0.673. The second kappa shape index (κ2) is 14.5. The summed E-state index contributed by atoms with van der Waals surface area (Å²) in [6.45, 7) is 0. The third-order valence-corrected chi connectivity index (χ3v) is 13.2. The van der Waals surface area contributed by atoms with Gasteiger partial charge in [-0.2, -0.15) is 0 Å². The minimum absolute atomic E-state index is 0.881. The highest BCUT2D eigenvalue weighted by Crippen LogP contribution is 2.47. The monoisotopic (exact) mass is 795 g/mol. The topological polar surface area (TPSA) is 16.4 Å². The molecule has 0 N–H and O–H groups in total. The first-order valence-corrected chi connectivity index (χ1v) is 21.6. The van der Waals surface area contributed by atoms with E-state index in [0.717, 1.165) is 55.5 Å². The molecule has 10 aromatic carbocycles. The number of hydrogen-bond donors (Lipinski definition) is 0. The quantitative estimate of drug-likeness (QED) is 0.160. The molecule has 61 heavy (non-hydrogen) atoms. The number of anilines is 3. The van der Waals surface area contributed by atoms with Gasteiger partial charge in [0.2, 0.25) is 0 Å². The van der Waals surface area contributed by atoms with Gasteiger partial charge in [0.15, 0.2) is 0 Å². The van der Waals surface area contributed by atoms with E-state index in [4.69, 9.17) is 4.42 Å². The van der Waals surface area contributed by atoms with Crippen LogP contribution in [0.4, 0.5) is 17.1 Å². The van der Waals surface area contributed by atoms with Crippen molar-refractivity contribution in [1.82, 2.24) is 0 Å². The van der Waals surface area contributed by atoms with E-state index in [1.165, 1.54) is 58.9 Å². The number of furan rings is 1. The second-order valence-corrected chi connectivity index (χ2v) is 16.7. The SMILES string of the molecule is c1ccc(-c2cccc(-c3ccc(N(c4ccc(-c5cccc6sc7ccccc7c56)cc4)c4ccccc4-c4cccc5oc6c7ccccc7ccc6c45)cc3)c2)cc1. The van der Waals surface area contributed by atoms with E-state index < -0.39 is 0 Å². The smallest absolute Gasteiger partial charge is 0.143 e. The van der Waals surface area contributed by atoms with Crippen LogP contribution in [-0.2, 0) is 0 Å². The van der Waals surface area contributed by atoms with Crippen molar-refractivity contribution < 1.29 is 4.42 Å². The van der Waals surface area contributed by atoms with Crippen LogP contribution in [0.2, 0.25) is 0 Å². The molecule has 0 amide bonds. The fourth-order valence-corrected chi connectivity index (χ4v) is 10.4. The van der Waals surface area contributed by atoms with E-state index in [0.29, 0.717) is 0 Å². The first kappa shape index (κ1) is 35.2. The van der Waals surface area contributed by atoms with Crippen molar-refractivity contribution in [3.8, 4) is 44.5 Å². The summed E-state index contributed by atoms with van der Waals surface area (Å²) in [6, 6.07) is 81.1. The van der Waals surface area contributed by atoms with Crippen molar-refractivity contribution in [1.29, 1.82) is 0 Å². The van der Waals surface area contributed by atoms with Crippen molar-refractivity contribution in [2.45, 2.75) is 0 Å². The number of thiophene rings is 1. The zero-order valence-corrected chi connectivity index (χ0v) is 33.9. The molecule has 0 atom stereocenters. The number of benzene rings is 10. The van der Waals surface area contributed by atoms with Gasteiger partial charge < -0.3 is 9.32 Å². The Morgan fingerprint density at radius 2 is 0.934 bits per heavy atom. The highest BCUT2D eigenvalue weighted by atomic mass is 32.1. The van der Waals surface area contributed by atoms with Crippen molar-refractivity contribution >= 4 is 81.3 Å². The molecule has 0 saturated carbocycles. The van der Waals surface area contributed by atoms with Crippen LogP contribution in [-0.4, -0.2) is 0 Å². The van der Waals surface area contributed by atoms with Gasteiger partial charge in [-0.3, -0.25) is 0 Å². The highest BCUT2D eigenvalue weighted by molar-refractivity contribution is 7.25. The average Bonchev–Trinajstić information content (AvgIpc) is 3.92. The van der Waals surface area contributed by atoms with E-state index in [1.807, 2.05) is 11.3 Å². The van der Waals surface area contributed by atoms with Gasteiger partial charge in [0.25, 0.3) is 0 Å². The fraction of sp³-hybridized carbons (Fsp3) is 0. The third kappa shape index (κ3) is 6.01. The maximum absolute atomic E-state index is 6.68. The summed E-state index contributed by atoms with van der Waals surface area (Å²) in [6.07, 6.45) is 0.